The van der Waals surface area contributed by atoms with Crippen LogP contribution in [0.25, 0.3) is 0 Å². The summed E-state index contributed by atoms with van der Waals surface area (Å²) in [5, 5.41) is 2.50. The predicted molar refractivity (Wildman–Crippen MR) is 105 cm³/mol. The van der Waals surface area contributed by atoms with Crippen LogP contribution in [0.2, 0.25) is 0 Å². The maximum atomic E-state index is 12.6. The lowest BCUT2D eigenvalue weighted by atomic mass is 9.94. The first-order valence-corrected chi connectivity index (χ1v) is 10.0. The van der Waals surface area contributed by atoms with E-state index in [-0.39, 0.29) is 11.8 Å². The van der Waals surface area contributed by atoms with Gasteiger partial charge in [-0.1, -0.05) is 43.7 Å². The number of carbonyl (C=O) groups excluding carboxylic acids is 2. The zero-order valence-electron chi connectivity index (χ0n) is 15.3. The van der Waals surface area contributed by atoms with Gasteiger partial charge in [-0.25, -0.2) is 4.98 Å². The number of nitrogens with one attached hydrogen (secondary N) is 2. The molecule has 1 aromatic carbocycles. The van der Waals surface area contributed by atoms with Crippen molar-refractivity contribution < 1.29 is 14.3 Å². The minimum absolute atomic E-state index is 0.222. The molecule has 7 nitrogen and oxygen atoms in total. The van der Waals surface area contributed by atoms with E-state index in [0.717, 1.165) is 30.2 Å². The Hall–Kier alpha value is -2.45. The smallest absolute Gasteiger partial charge is 0.289 e. The van der Waals surface area contributed by atoms with E-state index in [1.807, 2.05) is 37.3 Å². The van der Waals surface area contributed by atoms with Crippen molar-refractivity contribution in [1.82, 2.24) is 15.8 Å². The van der Waals surface area contributed by atoms with Gasteiger partial charge in [-0.3, -0.25) is 20.4 Å². The molecular formula is C19H24N4O3S. The number of hydrazine groups is 1. The average molecular weight is 388 g/mol. The number of ether oxygens (including phenoxy) is 1. The number of hydrogen-bond acceptors (Lipinski definition) is 6. The molecule has 1 unspecified atom stereocenters. The Bertz CT molecular complexity index is 759. The highest BCUT2D eigenvalue weighted by Crippen LogP contribution is 2.22. The molecule has 2 aromatic rings. The summed E-state index contributed by atoms with van der Waals surface area (Å²) in [7, 11) is 0. The molecular weight excluding hydrogens is 364 g/mol. The first kappa shape index (κ1) is 19.3. The highest BCUT2D eigenvalue weighted by Gasteiger charge is 2.21. The Balaban J connectivity index is 1.57. The Morgan fingerprint density at radius 2 is 1.96 bits per heavy atom. The molecule has 8 heteroatoms. The number of morpholine rings is 1. The number of anilines is 1. The first-order valence-electron chi connectivity index (χ1n) is 9.12. The third kappa shape index (κ3) is 5.05. The molecule has 1 aliphatic heterocycles. The van der Waals surface area contributed by atoms with E-state index >= 15 is 0 Å². The van der Waals surface area contributed by atoms with Crippen LogP contribution < -0.4 is 15.8 Å². The summed E-state index contributed by atoms with van der Waals surface area (Å²) in [4.78, 5) is 31.4. The van der Waals surface area contributed by atoms with Gasteiger partial charge < -0.3 is 9.64 Å². The molecule has 1 aliphatic rings. The van der Waals surface area contributed by atoms with Gasteiger partial charge in [0.2, 0.25) is 5.91 Å². The summed E-state index contributed by atoms with van der Waals surface area (Å²) < 4.78 is 5.33. The largest absolute Gasteiger partial charge is 0.378 e. The Labute approximate surface area is 162 Å². The minimum atomic E-state index is -0.414. The molecule has 0 radical (unpaired) electrons. The van der Waals surface area contributed by atoms with Crippen molar-refractivity contribution in [2.24, 2.45) is 0 Å². The van der Waals surface area contributed by atoms with Crippen LogP contribution in [0, 0.1) is 0 Å². The van der Waals surface area contributed by atoms with Crippen molar-refractivity contribution in [3.05, 3.63) is 47.0 Å². The van der Waals surface area contributed by atoms with Gasteiger partial charge in [0, 0.05) is 18.5 Å². The lowest BCUT2D eigenvalue weighted by molar-refractivity contribution is -0.123. The number of thiazole rings is 1. The molecule has 2 heterocycles. The summed E-state index contributed by atoms with van der Waals surface area (Å²) in [5.74, 6) is -0.932. The van der Waals surface area contributed by atoms with E-state index in [1.165, 1.54) is 11.3 Å². The molecule has 1 aromatic heterocycles. The van der Waals surface area contributed by atoms with Crippen molar-refractivity contribution in [2.75, 3.05) is 31.2 Å². The van der Waals surface area contributed by atoms with E-state index in [4.69, 9.17) is 4.74 Å². The van der Waals surface area contributed by atoms with Crippen molar-refractivity contribution in [2.45, 2.75) is 25.7 Å². The standard InChI is InChI=1S/C19H24N4O3S/c1-2-6-15(14-7-4-3-5-8-14)17(24)21-22-18(25)16-13-27-19(20-16)23-9-11-26-12-10-23/h3-5,7-8,13,15H,2,6,9-12H2,1H3,(H,21,24)(H,22,25). The van der Waals surface area contributed by atoms with Crippen LogP contribution in [0.5, 0.6) is 0 Å². The third-order valence-corrected chi connectivity index (χ3v) is 5.30. The molecule has 0 bridgehead atoms. The second-order valence-electron chi connectivity index (χ2n) is 6.31. The average Bonchev–Trinajstić information content (AvgIpc) is 3.22. The summed E-state index contributed by atoms with van der Waals surface area (Å²) in [6.45, 7) is 4.89. The molecule has 1 fully saturated rings. The number of benzene rings is 1. The number of rotatable bonds is 6. The Morgan fingerprint density at radius 1 is 1.22 bits per heavy atom. The van der Waals surface area contributed by atoms with Gasteiger partial charge in [0.1, 0.15) is 5.69 Å². The summed E-state index contributed by atoms with van der Waals surface area (Å²) >= 11 is 1.42. The number of aromatic nitrogens is 1. The van der Waals surface area contributed by atoms with E-state index in [1.54, 1.807) is 5.38 Å². The molecule has 3 rings (SSSR count). The normalized spacial score (nSPS) is 15.2. The van der Waals surface area contributed by atoms with Gasteiger partial charge in [-0.15, -0.1) is 11.3 Å². The molecule has 27 heavy (non-hydrogen) atoms. The fourth-order valence-electron chi connectivity index (χ4n) is 2.96. The lowest BCUT2D eigenvalue weighted by Gasteiger charge is -2.25. The third-order valence-electron chi connectivity index (χ3n) is 4.40. The molecule has 144 valence electrons. The number of nitrogens with zero attached hydrogens (tertiary/aromatic N) is 2. The quantitative estimate of drug-likeness (QED) is 0.742. The van der Waals surface area contributed by atoms with Crippen molar-refractivity contribution in [3.63, 3.8) is 0 Å². The maximum absolute atomic E-state index is 12.6. The molecule has 0 aliphatic carbocycles. The molecule has 1 atom stereocenters. The monoisotopic (exact) mass is 388 g/mol. The molecule has 0 spiro atoms. The van der Waals surface area contributed by atoms with E-state index in [0.29, 0.717) is 25.3 Å². The second kappa shape index (κ2) is 9.48. The zero-order chi connectivity index (χ0) is 19.1. The minimum Gasteiger partial charge on any atom is -0.378 e. The molecule has 1 saturated heterocycles. The van der Waals surface area contributed by atoms with E-state index in [2.05, 4.69) is 20.7 Å². The van der Waals surface area contributed by atoms with E-state index in [9.17, 15) is 9.59 Å². The molecule has 0 saturated carbocycles. The number of hydrogen-bond donors (Lipinski definition) is 2. The fourth-order valence-corrected chi connectivity index (χ4v) is 3.82. The highest BCUT2D eigenvalue weighted by molar-refractivity contribution is 7.13. The van der Waals surface area contributed by atoms with Crippen molar-refractivity contribution in [3.8, 4) is 0 Å². The van der Waals surface area contributed by atoms with Gasteiger partial charge in [0.15, 0.2) is 5.13 Å². The summed E-state index contributed by atoms with van der Waals surface area (Å²) in [6, 6.07) is 9.59. The van der Waals surface area contributed by atoms with Gasteiger partial charge in [-0.2, -0.15) is 0 Å². The maximum Gasteiger partial charge on any atom is 0.289 e. The van der Waals surface area contributed by atoms with Crippen LogP contribution in [0.1, 0.15) is 41.7 Å². The van der Waals surface area contributed by atoms with Crippen LogP contribution in [-0.2, 0) is 9.53 Å². The predicted octanol–water partition coefficient (Wildman–Crippen LogP) is 2.32. The van der Waals surface area contributed by atoms with Gasteiger partial charge in [0.05, 0.1) is 19.1 Å². The summed E-state index contributed by atoms with van der Waals surface area (Å²) in [5.41, 5.74) is 6.27. The SMILES string of the molecule is CCCC(C(=O)NNC(=O)c1csc(N2CCOCC2)n1)c1ccccc1. The number of amides is 2. The van der Waals surface area contributed by atoms with Crippen molar-refractivity contribution in [1.29, 1.82) is 0 Å². The summed E-state index contributed by atoms with van der Waals surface area (Å²) in [6.07, 6.45) is 1.58. The second-order valence-corrected chi connectivity index (χ2v) is 7.15. The van der Waals surface area contributed by atoms with Gasteiger partial charge >= 0.3 is 0 Å². The Kier molecular flexibility index (Phi) is 6.78. The van der Waals surface area contributed by atoms with Crippen LogP contribution in [-0.4, -0.2) is 43.1 Å². The van der Waals surface area contributed by atoms with Crippen LogP contribution in [0.4, 0.5) is 5.13 Å². The molecule has 2 amide bonds. The van der Waals surface area contributed by atoms with E-state index < -0.39 is 5.91 Å². The fraction of sp³-hybridized carbons (Fsp3) is 0.421. The lowest BCUT2D eigenvalue weighted by Crippen LogP contribution is -2.44. The Morgan fingerprint density at radius 3 is 2.67 bits per heavy atom. The van der Waals surface area contributed by atoms with Gasteiger partial charge in [-0.05, 0) is 12.0 Å². The zero-order valence-corrected chi connectivity index (χ0v) is 16.1. The number of carbonyl (C=O) groups is 2. The topological polar surface area (TPSA) is 83.6 Å². The van der Waals surface area contributed by atoms with Crippen molar-refractivity contribution >= 4 is 28.3 Å². The van der Waals surface area contributed by atoms with Gasteiger partial charge in [0.25, 0.3) is 5.91 Å². The highest BCUT2D eigenvalue weighted by atomic mass is 32.1. The van der Waals surface area contributed by atoms with Crippen LogP contribution >= 0.6 is 11.3 Å². The van der Waals surface area contributed by atoms with Crippen LogP contribution in [0.3, 0.4) is 0 Å². The van der Waals surface area contributed by atoms with Crippen LogP contribution in [0.15, 0.2) is 35.7 Å². The molecule has 2 N–H and O–H groups in total. The first-order chi connectivity index (χ1) is 13.2.